The van der Waals surface area contributed by atoms with Crippen LogP contribution < -0.4 is 15.5 Å². The Labute approximate surface area is 179 Å². The average molecular weight is 413 g/mol. The van der Waals surface area contributed by atoms with E-state index in [0.717, 1.165) is 11.1 Å². The van der Waals surface area contributed by atoms with E-state index in [-0.39, 0.29) is 0 Å². The van der Waals surface area contributed by atoms with E-state index >= 15 is 0 Å². The maximum absolute atomic E-state index is 12.7. The molecule has 0 aliphatic rings. The number of ether oxygens (including phenoxy) is 1. The van der Waals surface area contributed by atoms with E-state index < -0.39 is 17.7 Å². The third-order valence-electron chi connectivity index (χ3n) is 5.27. The molecule has 1 aromatic heterocycles. The van der Waals surface area contributed by atoms with Gasteiger partial charge in [-0.3, -0.25) is 0 Å². The number of benzene rings is 3. The number of aryl methyl sites for hydroxylation is 2. The van der Waals surface area contributed by atoms with Crippen molar-refractivity contribution in [3.05, 3.63) is 111 Å². The van der Waals surface area contributed by atoms with Crippen molar-refractivity contribution in [1.29, 1.82) is 0 Å². The molecule has 1 atom stereocenters. The van der Waals surface area contributed by atoms with Gasteiger partial charge < -0.3 is 19.1 Å². The summed E-state index contributed by atoms with van der Waals surface area (Å²) in [5.74, 6) is -1.01. The molecular formula is C26H21O5-. The fourth-order valence-electron chi connectivity index (χ4n) is 3.74. The first-order chi connectivity index (χ1) is 14.9. The Hall–Kier alpha value is -3.86. The maximum atomic E-state index is 12.7. The molecule has 0 radical (unpaired) electrons. The van der Waals surface area contributed by atoms with Crippen molar-refractivity contribution in [3.8, 4) is 5.75 Å². The van der Waals surface area contributed by atoms with Crippen LogP contribution in [-0.4, -0.2) is 5.97 Å². The number of rotatable bonds is 6. The van der Waals surface area contributed by atoms with Crippen LogP contribution in [0.5, 0.6) is 5.75 Å². The summed E-state index contributed by atoms with van der Waals surface area (Å²) in [7, 11) is 0. The zero-order valence-corrected chi connectivity index (χ0v) is 17.3. The summed E-state index contributed by atoms with van der Waals surface area (Å²) in [6, 6.07) is 21.7. The largest absolute Gasteiger partial charge is 0.546 e. The van der Waals surface area contributed by atoms with Crippen LogP contribution in [0.2, 0.25) is 0 Å². The SMILES string of the molecule is Cc1cc(O[C@@H](C(=O)[O-])c2ccccc2)c2c(C)c(Cc3ccccc3)c(=O)oc2c1. The Bertz CT molecular complexity index is 1290. The molecule has 3 aromatic carbocycles. The second-order valence-electron chi connectivity index (χ2n) is 7.52. The molecule has 5 nitrogen and oxygen atoms in total. The van der Waals surface area contributed by atoms with Crippen LogP contribution in [0.25, 0.3) is 11.0 Å². The van der Waals surface area contributed by atoms with Gasteiger partial charge in [-0.05, 0) is 48.2 Å². The van der Waals surface area contributed by atoms with E-state index in [1.54, 1.807) is 42.5 Å². The van der Waals surface area contributed by atoms with Gasteiger partial charge in [0, 0.05) is 12.0 Å². The third kappa shape index (κ3) is 4.21. The van der Waals surface area contributed by atoms with Gasteiger partial charge >= 0.3 is 5.63 Å². The highest BCUT2D eigenvalue weighted by atomic mass is 16.5. The number of aliphatic carboxylic acids is 1. The molecule has 4 rings (SSSR count). The van der Waals surface area contributed by atoms with Crippen molar-refractivity contribution in [2.24, 2.45) is 0 Å². The molecular weight excluding hydrogens is 392 g/mol. The lowest BCUT2D eigenvalue weighted by molar-refractivity contribution is -0.314. The highest BCUT2D eigenvalue weighted by Gasteiger charge is 2.20. The third-order valence-corrected chi connectivity index (χ3v) is 5.27. The number of hydrogen-bond acceptors (Lipinski definition) is 5. The minimum Gasteiger partial charge on any atom is -0.546 e. The van der Waals surface area contributed by atoms with Crippen LogP contribution in [0.4, 0.5) is 0 Å². The molecule has 31 heavy (non-hydrogen) atoms. The van der Waals surface area contributed by atoms with Crippen LogP contribution in [0.3, 0.4) is 0 Å². The van der Waals surface area contributed by atoms with E-state index in [1.807, 2.05) is 44.2 Å². The smallest absolute Gasteiger partial charge is 0.340 e. The predicted octanol–water partition coefficient (Wildman–Crippen LogP) is 3.87. The standard InChI is InChI=1S/C26H22O5/c1-16-13-21(30-24(25(27)28)19-11-7-4-8-12-19)23-17(2)20(26(29)31-22(23)14-16)15-18-9-5-3-6-10-18/h3-14,24H,15H2,1-2H3,(H,27,28)/p-1/t24-/m1/s1. The van der Waals surface area contributed by atoms with Crippen LogP contribution in [0.1, 0.15) is 33.9 Å². The molecule has 0 spiro atoms. The Morgan fingerprint density at radius 2 is 1.65 bits per heavy atom. The van der Waals surface area contributed by atoms with Crippen LogP contribution >= 0.6 is 0 Å². The molecule has 5 heteroatoms. The first-order valence-corrected chi connectivity index (χ1v) is 9.97. The van der Waals surface area contributed by atoms with Gasteiger partial charge in [-0.25, -0.2) is 4.79 Å². The van der Waals surface area contributed by atoms with E-state index in [0.29, 0.717) is 39.8 Å². The molecule has 0 amide bonds. The summed E-state index contributed by atoms with van der Waals surface area (Å²) in [4.78, 5) is 24.6. The van der Waals surface area contributed by atoms with Crippen molar-refractivity contribution in [2.45, 2.75) is 26.4 Å². The van der Waals surface area contributed by atoms with Crippen molar-refractivity contribution in [2.75, 3.05) is 0 Å². The molecule has 0 bridgehead atoms. The summed E-state index contributed by atoms with van der Waals surface area (Å²) < 4.78 is 11.6. The molecule has 0 saturated heterocycles. The van der Waals surface area contributed by atoms with E-state index in [1.165, 1.54) is 0 Å². The number of fused-ring (bicyclic) bond motifs is 1. The average Bonchev–Trinajstić information content (AvgIpc) is 2.75. The molecule has 1 heterocycles. The second-order valence-corrected chi connectivity index (χ2v) is 7.52. The molecule has 156 valence electrons. The molecule has 0 N–H and O–H groups in total. The normalized spacial score (nSPS) is 11.9. The molecule has 0 aliphatic carbocycles. The molecule has 0 fully saturated rings. The summed E-state index contributed by atoms with van der Waals surface area (Å²) in [6.07, 6.45) is -0.893. The second kappa shape index (κ2) is 8.48. The molecule has 0 unspecified atom stereocenters. The first-order valence-electron chi connectivity index (χ1n) is 9.97. The fraction of sp³-hybridized carbons (Fsp3) is 0.154. The van der Waals surface area contributed by atoms with Gasteiger partial charge in [-0.1, -0.05) is 60.7 Å². The topological polar surface area (TPSA) is 79.6 Å². The van der Waals surface area contributed by atoms with Crippen LogP contribution in [0, 0.1) is 13.8 Å². The number of carbonyl (C=O) groups excluding carboxylic acids is 1. The van der Waals surface area contributed by atoms with Crippen LogP contribution in [-0.2, 0) is 11.2 Å². The molecule has 0 saturated carbocycles. The number of carboxylic acids is 1. The Morgan fingerprint density at radius 3 is 2.29 bits per heavy atom. The monoisotopic (exact) mass is 413 g/mol. The summed E-state index contributed by atoms with van der Waals surface area (Å²) >= 11 is 0. The molecule has 0 aliphatic heterocycles. The van der Waals surface area contributed by atoms with E-state index in [4.69, 9.17) is 9.15 Å². The number of carbonyl (C=O) groups is 1. The number of carboxylic acid groups (broad SMARTS) is 1. The summed E-state index contributed by atoms with van der Waals surface area (Å²) in [6.45, 7) is 3.66. The van der Waals surface area contributed by atoms with E-state index in [2.05, 4.69) is 0 Å². The van der Waals surface area contributed by atoms with Crippen molar-refractivity contribution in [3.63, 3.8) is 0 Å². The minimum absolute atomic E-state index is 0.337. The van der Waals surface area contributed by atoms with Gasteiger partial charge in [0.1, 0.15) is 11.3 Å². The summed E-state index contributed by atoms with van der Waals surface area (Å²) in [5.41, 5.74) is 3.39. The minimum atomic E-state index is -1.35. The fourth-order valence-corrected chi connectivity index (χ4v) is 3.74. The molecule has 4 aromatic rings. The Balaban J connectivity index is 1.86. The van der Waals surface area contributed by atoms with Crippen molar-refractivity contribution in [1.82, 2.24) is 0 Å². The first kappa shape index (κ1) is 20.4. The quantitative estimate of drug-likeness (QED) is 0.448. The Morgan fingerprint density at radius 1 is 1.00 bits per heavy atom. The van der Waals surface area contributed by atoms with Crippen molar-refractivity contribution < 1.29 is 19.1 Å². The van der Waals surface area contributed by atoms with Gasteiger partial charge in [-0.15, -0.1) is 0 Å². The predicted molar refractivity (Wildman–Crippen MR) is 116 cm³/mol. The van der Waals surface area contributed by atoms with Crippen molar-refractivity contribution >= 4 is 16.9 Å². The zero-order valence-electron chi connectivity index (χ0n) is 17.3. The highest BCUT2D eigenvalue weighted by molar-refractivity contribution is 5.89. The number of hydrogen-bond donors (Lipinski definition) is 0. The lowest BCUT2D eigenvalue weighted by Gasteiger charge is -2.22. The van der Waals surface area contributed by atoms with Crippen LogP contribution in [0.15, 0.2) is 82.0 Å². The lowest BCUT2D eigenvalue weighted by Crippen LogP contribution is -2.33. The van der Waals surface area contributed by atoms with Gasteiger partial charge in [0.25, 0.3) is 0 Å². The van der Waals surface area contributed by atoms with Gasteiger partial charge in [0.15, 0.2) is 6.10 Å². The highest BCUT2D eigenvalue weighted by Crippen LogP contribution is 2.34. The lowest BCUT2D eigenvalue weighted by atomic mass is 9.98. The van der Waals surface area contributed by atoms with Gasteiger partial charge in [0.2, 0.25) is 0 Å². The summed E-state index contributed by atoms with van der Waals surface area (Å²) in [5, 5.41) is 12.4. The van der Waals surface area contributed by atoms with E-state index in [9.17, 15) is 14.7 Å². The van der Waals surface area contributed by atoms with Gasteiger partial charge in [0.05, 0.1) is 11.4 Å². The Kier molecular flexibility index (Phi) is 5.58. The zero-order chi connectivity index (χ0) is 22.0. The maximum Gasteiger partial charge on any atom is 0.340 e. The van der Waals surface area contributed by atoms with Gasteiger partial charge in [-0.2, -0.15) is 0 Å².